The number of hydrogen-bond donors (Lipinski definition) is 2. The van der Waals surface area contributed by atoms with E-state index in [9.17, 15) is 4.79 Å². The first-order valence-electron chi connectivity index (χ1n) is 6.89. The van der Waals surface area contributed by atoms with Crippen LogP contribution in [0.15, 0.2) is 48.7 Å². The molecule has 0 fully saturated rings. The summed E-state index contributed by atoms with van der Waals surface area (Å²) in [5, 5.41) is 5.41. The number of aryl methyl sites for hydroxylation is 1. The number of carbonyl (C=O) groups is 1. The first kappa shape index (κ1) is 14.8. The lowest BCUT2D eigenvalue weighted by Crippen LogP contribution is -2.30. The fraction of sp³-hybridized carbons (Fsp3) is 0.250. The molecule has 0 saturated carbocycles. The van der Waals surface area contributed by atoms with Gasteiger partial charge in [-0.2, -0.15) is 0 Å². The molecule has 2 rings (SSSR count). The van der Waals surface area contributed by atoms with Crippen LogP contribution >= 0.6 is 0 Å². The molecule has 0 radical (unpaired) electrons. The zero-order valence-electron chi connectivity index (χ0n) is 12.0. The van der Waals surface area contributed by atoms with E-state index < -0.39 is 0 Å². The van der Waals surface area contributed by atoms with Crippen molar-refractivity contribution < 1.29 is 9.53 Å². The topological polar surface area (TPSA) is 63.2 Å². The van der Waals surface area contributed by atoms with Gasteiger partial charge in [0, 0.05) is 12.7 Å². The standard InChI is InChI=1S/C16H19N3O2/c1-13-6-8-14(9-7-13)21-12-4-11-18-16(20)19-15-5-2-3-10-17-15/h2-3,5-10H,4,11-12H2,1H3,(H2,17,18,19,20). The number of carbonyl (C=O) groups excluding carboxylic acids is 1. The average molecular weight is 285 g/mol. The Kier molecular flexibility index (Phi) is 5.58. The molecule has 5 heteroatoms. The van der Waals surface area contributed by atoms with Crippen LogP contribution in [0.2, 0.25) is 0 Å². The lowest BCUT2D eigenvalue weighted by molar-refractivity contribution is 0.250. The van der Waals surface area contributed by atoms with Gasteiger partial charge in [0.2, 0.25) is 0 Å². The predicted molar refractivity (Wildman–Crippen MR) is 82.5 cm³/mol. The van der Waals surface area contributed by atoms with Crippen molar-refractivity contribution in [1.82, 2.24) is 10.3 Å². The highest BCUT2D eigenvalue weighted by atomic mass is 16.5. The molecule has 0 spiro atoms. The minimum atomic E-state index is -0.260. The number of amides is 2. The number of nitrogens with zero attached hydrogens (tertiary/aromatic N) is 1. The van der Waals surface area contributed by atoms with Crippen molar-refractivity contribution in [2.75, 3.05) is 18.5 Å². The van der Waals surface area contributed by atoms with E-state index >= 15 is 0 Å². The molecule has 1 aromatic heterocycles. The Balaban J connectivity index is 1.59. The summed E-state index contributed by atoms with van der Waals surface area (Å²) in [6.45, 7) is 3.14. The maximum atomic E-state index is 11.6. The summed E-state index contributed by atoms with van der Waals surface area (Å²) in [4.78, 5) is 15.6. The molecule has 0 aliphatic rings. The number of pyridine rings is 1. The third kappa shape index (κ3) is 5.52. The van der Waals surface area contributed by atoms with Crippen LogP contribution in [0.5, 0.6) is 5.75 Å². The molecule has 0 aliphatic heterocycles. The van der Waals surface area contributed by atoms with Crippen LogP contribution in [0.4, 0.5) is 10.6 Å². The lowest BCUT2D eigenvalue weighted by atomic mass is 10.2. The van der Waals surface area contributed by atoms with Gasteiger partial charge in [0.25, 0.3) is 0 Å². The number of hydrogen-bond acceptors (Lipinski definition) is 3. The molecule has 0 atom stereocenters. The highest BCUT2D eigenvalue weighted by Crippen LogP contribution is 2.11. The molecule has 2 amide bonds. The predicted octanol–water partition coefficient (Wildman–Crippen LogP) is 2.98. The maximum Gasteiger partial charge on any atom is 0.320 e. The lowest BCUT2D eigenvalue weighted by Gasteiger charge is -2.08. The molecule has 21 heavy (non-hydrogen) atoms. The number of aromatic nitrogens is 1. The Morgan fingerprint density at radius 3 is 2.71 bits per heavy atom. The van der Waals surface area contributed by atoms with Gasteiger partial charge in [-0.05, 0) is 37.6 Å². The van der Waals surface area contributed by atoms with Crippen LogP contribution in [0.1, 0.15) is 12.0 Å². The third-order valence-corrected chi connectivity index (χ3v) is 2.80. The number of benzene rings is 1. The second-order valence-electron chi connectivity index (χ2n) is 4.61. The summed E-state index contributed by atoms with van der Waals surface area (Å²) < 4.78 is 5.58. The van der Waals surface area contributed by atoms with Crippen molar-refractivity contribution >= 4 is 11.8 Å². The molecular formula is C16H19N3O2. The van der Waals surface area contributed by atoms with Crippen LogP contribution in [-0.4, -0.2) is 24.2 Å². The fourth-order valence-corrected chi connectivity index (χ4v) is 1.70. The summed E-state index contributed by atoms with van der Waals surface area (Å²) in [6, 6.07) is 13.0. The molecule has 1 aromatic carbocycles. The molecule has 5 nitrogen and oxygen atoms in total. The Labute approximate surface area is 124 Å². The normalized spacial score (nSPS) is 9.95. The van der Waals surface area contributed by atoms with Crippen LogP contribution in [0.3, 0.4) is 0 Å². The SMILES string of the molecule is Cc1ccc(OCCCNC(=O)Nc2ccccn2)cc1. The van der Waals surface area contributed by atoms with Crippen LogP contribution < -0.4 is 15.4 Å². The Hall–Kier alpha value is -2.56. The van der Waals surface area contributed by atoms with Crippen molar-refractivity contribution in [2.45, 2.75) is 13.3 Å². The van der Waals surface area contributed by atoms with Gasteiger partial charge in [0.15, 0.2) is 0 Å². The quantitative estimate of drug-likeness (QED) is 0.802. The van der Waals surface area contributed by atoms with E-state index in [4.69, 9.17) is 4.74 Å². The van der Waals surface area contributed by atoms with E-state index in [1.807, 2.05) is 37.3 Å². The van der Waals surface area contributed by atoms with Gasteiger partial charge in [-0.15, -0.1) is 0 Å². The van der Waals surface area contributed by atoms with Crippen molar-refractivity contribution in [2.24, 2.45) is 0 Å². The van der Waals surface area contributed by atoms with E-state index in [-0.39, 0.29) is 6.03 Å². The Morgan fingerprint density at radius 2 is 2.00 bits per heavy atom. The van der Waals surface area contributed by atoms with Gasteiger partial charge < -0.3 is 10.1 Å². The van der Waals surface area contributed by atoms with E-state index in [1.165, 1.54) is 5.56 Å². The van der Waals surface area contributed by atoms with E-state index in [0.29, 0.717) is 19.0 Å². The van der Waals surface area contributed by atoms with Crippen molar-refractivity contribution in [3.8, 4) is 5.75 Å². The minimum absolute atomic E-state index is 0.260. The van der Waals surface area contributed by atoms with Crippen molar-refractivity contribution in [3.63, 3.8) is 0 Å². The summed E-state index contributed by atoms with van der Waals surface area (Å²) in [7, 11) is 0. The highest BCUT2D eigenvalue weighted by Gasteiger charge is 2.01. The molecule has 0 saturated heterocycles. The largest absolute Gasteiger partial charge is 0.494 e. The van der Waals surface area contributed by atoms with Crippen molar-refractivity contribution in [1.29, 1.82) is 0 Å². The van der Waals surface area contributed by atoms with E-state index in [2.05, 4.69) is 15.6 Å². The zero-order valence-corrected chi connectivity index (χ0v) is 12.0. The molecule has 2 N–H and O–H groups in total. The van der Waals surface area contributed by atoms with Crippen LogP contribution in [0, 0.1) is 6.92 Å². The second kappa shape index (κ2) is 7.89. The number of urea groups is 1. The number of ether oxygens (including phenoxy) is 1. The first-order chi connectivity index (χ1) is 10.2. The van der Waals surface area contributed by atoms with E-state index in [1.54, 1.807) is 18.3 Å². The smallest absolute Gasteiger partial charge is 0.320 e. The van der Waals surface area contributed by atoms with Crippen LogP contribution in [0.25, 0.3) is 0 Å². The molecular weight excluding hydrogens is 266 g/mol. The maximum absolute atomic E-state index is 11.6. The third-order valence-electron chi connectivity index (χ3n) is 2.80. The zero-order chi connectivity index (χ0) is 14.9. The summed E-state index contributed by atoms with van der Waals surface area (Å²) in [5.74, 6) is 1.38. The minimum Gasteiger partial charge on any atom is -0.494 e. The van der Waals surface area contributed by atoms with Gasteiger partial charge in [-0.1, -0.05) is 23.8 Å². The second-order valence-corrected chi connectivity index (χ2v) is 4.61. The number of rotatable bonds is 6. The van der Waals surface area contributed by atoms with E-state index in [0.717, 1.165) is 12.2 Å². The van der Waals surface area contributed by atoms with Crippen LogP contribution in [-0.2, 0) is 0 Å². The monoisotopic (exact) mass is 285 g/mol. The first-order valence-corrected chi connectivity index (χ1v) is 6.89. The van der Waals surface area contributed by atoms with Gasteiger partial charge in [0.05, 0.1) is 6.61 Å². The summed E-state index contributed by atoms with van der Waals surface area (Å²) >= 11 is 0. The molecule has 110 valence electrons. The average Bonchev–Trinajstić information content (AvgIpc) is 2.50. The van der Waals surface area contributed by atoms with Gasteiger partial charge >= 0.3 is 6.03 Å². The Bertz CT molecular complexity index is 555. The van der Waals surface area contributed by atoms with Gasteiger partial charge in [-0.3, -0.25) is 5.32 Å². The van der Waals surface area contributed by atoms with Gasteiger partial charge in [-0.25, -0.2) is 9.78 Å². The highest BCUT2D eigenvalue weighted by molar-refractivity contribution is 5.88. The molecule has 0 unspecified atom stereocenters. The summed E-state index contributed by atoms with van der Waals surface area (Å²) in [6.07, 6.45) is 2.37. The molecule has 0 aliphatic carbocycles. The summed E-state index contributed by atoms with van der Waals surface area (Å²) in [5.41, 5.74) is 1.20. The molecule has 2 aromatic rings. The Morgan fingerprint density at radius 1 is 1.19 bits per heavy atom. The van der Waals surface area contributed by atoms with Gasteiger partial charge in [0.1, 0.15) is 11.6 Å². The molecule has 1 heterocycles. The fourth-order valence-electron chi connectivity index (χ4n) is 1.70. The molecule has 0 bridgehead atoms. The number of nitrogens with one attached hydrogen (secondary N) is 2. The number of anilines is 1. The van der Waals surface area contributed by atoms with Crippen molar-refractivity contribution in [3.05, 3.63) is 54.2 Å².